The molecule has 3 N–H and O–H groups in total. The van der Waals surface area contributed by atoms with Crippen molar-refractivity contribution in [3.63, 3.8) is 0 Å². The fourth-order valence-electron chi connectivity index (χ4n) is 1.88. The maximum atomic E-state index is 5.04. The number of hydrogen-bond donors (Lipinski definition) is 3. The van der Waals surface area contributed by atoms with Gasteiger partial charge in [0.15, 0.2) is 5.11 Å². The SMILES string of the molecule is CCN(CC)c1nc(NNC(=S)NC)nc(N(CC)CC)n1.Cl. The Morgan fingerprint density at radius 3 is 1.70 bits per heavy atom. The molecule has 1 rings (SSSR count). The van der Waals surface area contributed by atoms with Crippen LogP contribution in [0.5, 0.6) is 0 Å². The molecule has 23 heavy (non-hydrogen) atoms. The van der Waals surface area contributed by atoms with E-state index in [9.17, 15) is 0 Å². The molecule has 0 aliphatic rings. The maximum Gasteiger partial charge on any atom is 0.248 e. The summed E-state index contributed by atoms with van der Waals surface area (Å²) in [6.45, 7) is 11.6. The topological polar surface area (TPSA) is 81.2 Å². The van der Waals surface area contributed by atoms with Crippen LogP contribution in [0, 0.1) is 0 Å². The molecule has 1 heterocycles. The lowest BCUT2D eigenvalue weighted by Gasteiger charge is -2.23. The van der Waals surface area contributed by atoms with Crippen molar-refractivity contribution in [2.45, 2.75) is 27.7 Å². The summed E-state index contributed by atoms with van der Waals surface area (Å²) in [7, 11) is 1.74. The molecule has 0 aromatic carbocycles. The zero-order valence-electron chi connectivity index (χ0n) is 14.4. The predicted octanol–water partition coefficient (Wildman–Crippen LogP) is 1.41. The van der Waals surface area contributed by atoms with Crippen molar-refractivity contribution in [2.75, 3.05) is 48.5 Å². The van der Waals surface area contributed by atoms with E-state index in [1.165, 1.54) is 0 Å². The van der Waals surface area contributed by atoms with Crippen molar-refractivity contribution in [2.24, 2.45) is 0 Å². The third-order valence-corrected chi connectivity index (χ3v) is 3.53. The van der Waals surface area contributed by atoms with Crippen molar-refractivity contribution in [1.29, 1.82) is 0 Å². The largest absolute Gasteiger partial charge is 0.364 e. The summed E-state index contributed by atoms with van der Waals surface area (Å²) in [4.78, 5) is 17.6. The lowest BCUT2D eigenvalue weighted by atomic mass is 10.5. The summed E-state index contributed by atoms with van der Waals surface area (Å²) in [6.07, 6.45) is 0. The van der Waals surface area contributed by atoms with Gasteiger partial charge in [-0.05, 0) is 39.9 Å². The molecule has 0 fully saturated rings. The van der Waals surface area contributed by atoms with Crippen LogP contribution in [0.4, 0.5) is 17.8 Å². The third kappa shape index (κ3) is 6.19. The van der Waals surface area contributed by atoms with E-state index in [0.29, 0.717) is 23.0 Å². The predicted molar refractivity (Wildman–Crippen MR) is 103 cm³/mol. The average Bonchev–Trinajstić information content (AvgIpc) is 2.55. The van der Waals surface area contributed by atoms with Gasteiger partial charge in [-0.1, -0.05) is 0 Å². The Morgan fingerprint density at radius 1 is 0.913 bits per heavy atom. The Bertz CT molecular complexity index is 449. The molecule has 132 valence electrons. The summed E-state index contributed by atoms with van der Waals surface area (Å²) in [5.41, 5.74) is 5.75. The van der Waals surface area contributed by atoms with Crippen LogP contribution in [0.15, 0.2) is 0 Å². The van der Waals surface area contributed by atoms with Crippen molar-refractivity contribution in [1.82, 2.24) is 25.7 Å². The highest BCUT2D eigenvalue weighted by Gasteiger charge is 2.14. The van der Waals surface area contributed by atoms with Crippen LogP contribution in [-0.4, -0.2) is 53.3 Å². The van der Waals surface area contributed by atoms with Gasteiger partial charge in [-0.15, -0.1) is 12.4 Å². The van der Waals surface area contributed by atoms with Crippen molar-refractivity contribution < 1.29 is 0 Å². The van der Waals surface area contributed by atoms with Gasteiger partial charge in [-0.2, -0.15) is 15.0 Å². The first-order valence-corrected chi connectivity index (χ1v) is 7.99. The Hall–Kier alpha value is -1.61. The summed E-state index contributed by atoms with van der Waals surface area (Å²) in [5, 5.41) is 3.29. The fraction of sp³-hybridized carbons (Fsp3) is 0.692. The van der Waals surface area contributed by atoms with Crippen molar-refractivity contribution >= 4 is 47.6 Å². The summed E-state index contributed by atoms with van der Waals surface area (Å²) in [5.74, 6) is 1.75. The summed E-state index contributed by atoms with van der Waals surface area (Å²) >= 11 is 5.04. The number of anilines is 3. The lowest BCUT2D eigenvalue weighted by Crippen LogP contribution is -2.37. The highest BCUT2D eigenvalue weighted by atomic mass is 35.5. The van der Waals surface area contributed by atoms with Crippen LogP contribution >= 0.6 is 24.6 Å². The van der Waals surface area contributed by atoms with E-state index in [-0.39, 0.29) is 12.4 Å². The summed E-state index contributed by atoms with van der Waals surface area (Å²) in [6, 6.07) is 0. The van der Waals surface area contributed by atoms with Crippen LogP contribution in [-0.2, 0) is 0 Å². The smallest absolute Gasteiger partial charge is 0.248 e. The van der Waals surface area contributed by atoms with Gasteiger partial charge in [-0.3, -0.25) is 10.9 Å². The van der Waals surface area contributed by atoms with E-state index in [4.69, 9.17) is 12.2 Å². The van der Waals surface area contributed by atoms with Crippen molar-refractivity contribution in [3.05, 3.63) is 0 Å². The average molecular weight is 363 g/mol. The number of nitrogens with one attached hydrogen (secondary N) is 3. The molecule has 0 bridgehead atoms. The van der Waals surface area contributed by atoms with E-state index < -0.39 is 0 Å². The standard InChI is InChI=1S/C13H26N8S.ClH/c1-6-20(7-2)11-15-10(18-19-13(22)14-5)16-12(17-11)21(8-3)9-4;/h6-9H2,1-5H3,(H2,14,19,22)(H,15,16,17,18);1H. The van der Waals surface area contributed by atoms with Gasteiger partial charge in [0.1, 0.15) is 0 Å². The second kappa shape index (κ2) is 11.0. The number of aromatic nitrogens is 3. The zero-order valence-corrected chi connectivity index (χ0v) is 16.0. The zero-order chi connectivity index (χ0) is 16.5. The first kappa shape index (κ1) is 21.4. The van der Waals surface area contributed by atoms with Crippen LogP contribution in [0.1, 0.15) is 27.7 Å². The van der Waals surface area contributed by atoms with Gasteiger partial charge in [0.05, 0.1) is 0 Å². The molecule has 10 heteroatoms. The second-order valence-electron chi connectivity index (χ2n) is 4.43. The number of hydrazine groups is 1. The molecule has 1 aromatic heterocycles. The minimum atomic E-state index is 0. The molecule has 0 saturated carbocycles. The molecule has 0 radical (unpaired) electrons. The van der Waals surface area contributed by atoms with Gasteiger partial charge in [0, 0.05) is 33.2 Å². The first-order chi connectivity index (χ1) is 10.6. The normalized spacial score (nSPS) is 9.61. The molecule has 0 atom stereocenters. The van der Waals surface area contributed by atoms with E-state index in [0.717, 1.165) is 26.2 Å². The van der Waals surface area contributed by atoms with Gasteiger partial charge < -0.3 is 15.1 Å². The molecule has 0 spiro atoms. The van der Waals surface area contributed by atoms with E-state index in [1.807, 2.05) is 0 Å². The molecule has 8 nitrogen and oxygen atoms in total. The lowest BCUT2D eigenvalue weighted by molar-refractivity contribution is 0.775. The van der Waals surface area contributed by atoms with E-state index in [2.05, 4.69) is 68.6 Å². The molecule has 0 saturated heterocycles. The van der Waals surface area contributed by atoms with E-state index >= 15 is 0 Å². The van der Waals surface area contributed by atoms with Gasteiger partial charge in [0.25, 0.3) is 0 Å². The second-order valence-corrected chi connectivity index (χ2v) is 4.84. The molecular weight excluding hydrogens is 336 g/mol. The molecule has 0 aliphatic carbocycles. The number of hydrogen-bond acceptors (Lipinski definition) is 7. The molecule has 1 aromatic rings. The third-order valence-electron chi connectivity index (χ3n) is 3.22. The first-order valence-electron chi connectivity index (χ1n) is 7.59. The number of thiocarbonyl (C=S) groups is 1. The maximum absolute atomic E-state index is 5.04. The summed E-state index contributed by atoms with van der Waals surface area (Å²) < 4.78 is 0. The van der Waals surface area contributed by atoms with Crippen LogP contribution in [0.25, 0.3) is 0 Å². The van der Waals surface area contributed by atoms with Gasteiger partial charge in [0.2, 0.25) is 17.8 Å². The van der Waals surface area contributed by atoms with Crippen LogP contribution < -0.4 is 26.0 Å². The van der Waals surface area contributed by atoms with Gasteiger partial charge >= 0.3 is 0 Å². The Kier molecular flexibility index (Phi) is 10.2. The Labute approximate surface area is 149 Å². The molecule has 0 amide bonds. The van der Waals surface area contributed by atoms with Gasteiger partial charge in [-0.25, -0.2) is 0 Å². The minimum absolute atomic E-state index is 0. The highest BCUT2D eigenvalue weighted by molar-refractivity contribution is 7.80. The minimum Gasteiger partial charge on any atom is -0.364 e. The van der Waals surface area contributed by atoms with Crippen LogP contribution in [0.2, 0.25) is 0 Å². The highest BCUT2D eigenvalue weighted by Crippen LogP contribution is 2.16. The molecule has 0 unspecified atom stereocenters. The quantitative estimate of drug-likeness (QED) is 0.469. The van der Waals surface area contributed by atoms with Crippen molar-refractivity contribution in [3.8, 4) is 0 Å². The Balaban J connectivity index is 0.00000484. The van der Waals surface area contributed by atoms with E-state index in [1.54, 1.807) is 7.05 Å². The monoisotopic (exact) mass is 362 g/mol. The number of rotatable bonds is 8. The fourth-order valence-corrected chi connectivity index (χ4v) is 1.93. The molecule has 0 aliphatic heterocycles. The number of nitrogens with zero attached hydrogens (tertiary/aromatic N) is 5. The number of halogens is 1. The molecular formula is C13H27ClN8S. The Morgan fingerprint density at radius 2 is 1.35 bits per heavy atom. The van der Waals surface area contributed by atoms with Crippen LogP contribution in [0.3, 0.4) is 0 Å².